The molecule has 0 aliphatic rings. The SMILES string of the molecule is CC(=O)n1cc(C(=O)NCCC(C)C)c2cc(F)ccc21. The molecule has 0 radical (unpaired) electrons. The van der Waals surface area contributed by atoms with Gasteiger partial charge in [0.25, 0.3) is 5.91 Å². The van der Waals surface area contributed by atoms with Gasteiger partial charge < -0.3 is 5.32 Å². The molecule has 5 heteroatoms. The standard InChI is InChI=1S/C16H19FN2O2/c1-10(2)6-7-18-16(21)14-9-19(11(3)20)15-5-4-12(17)8-13(14)15/h4-5,8-10H,6-7H2,1-3H3,(H,18,21). The van der Waals surface area contributed by atoms with Crippen molar-refractivity contribution in [3.63, 3.8) is 0 Å². The number of nitrogens with zero attached hydrogens (tertiary/aromatic N) is 1. The van der Waals surface area contributed by atoms with E-state index in [1.54, 1.807) is 0 Å². The smallest absolute Gasteiger partial charge is 0.253 e. The molecule has 1 heterocycles. The summed E-state index contributed by atoms with van der Waals surface area (Å²) in [5, 5.41) is 3.26. The van der Waals surface area contributed by atoms with Gasteiger partial charge in [0.05, 0.1) is 11.1 Å². The topological polar surface area (TPSA) is 51.1 Å². The number of carbonyl (C=O) groups is 2. The van der Waals surface area contributed by atoms with Crippen molar-refractivity contribution in [2.75, 3.05) is 6.54 Å². The Morgan fingerprint density at radius 1 is 1.33 bits per heavy atom. The summed E-state index contributed by atoms with van der Waals surface area (Å²) in [6.45, 7) is 6.11. The van der Waals surface area contributed by atoms with Crippen LogP contribution in [0.15, 0.2) is 24.4 Å². The molecule has 112 valence electrons. The molecule has 0 bridgehead atoms. The molecule has 1 aromatic carbocycles. The molecule has 0 saturated carbocycles. The van der Waals surface area contributed by atoms with Crippen LogP contribution in [0.3, 0.4) is 0 Å². The molecule has 0 spiro atoms. The molecular weight excluding hydrogens is 271 g/mol. The second-order valence-electron chi connectivity index (χ2n) is 5.53. The van der Waals surface area contributed by atoms with Crippen molar-refractivity contribution in [2.24, 2.45) is 5.92 Å². The van der Waals surface area contributed by atoms with Crippen LogP contribution in [0.1, 0.15) is 42.3 Å². The number of aromatic nitrogens is 1. The number of halogens is 1. The molecule has 21 heavy (non-hydrogen) atoms. The normalized spacial score (nSPS) is 11.1. The van der Waals surface area contributed by atoms with Crippen LogP contribution in [0, 0.1) is 11.7 Å². The van der Waals surface area contributed by atoms with Gasteiger partial charge in [0.2, 0.25) is 5.91 Å². The quantitative estimate of drug-likeness (QED) is 0.940. The van der Waals surface area contributed by atoms with E-state index in [1.807, 2.05) is 0 Å². The number of benzene rings is 1. The first kappa shape index (κ1) is 15.2. The summed E-state index contributed by atoms with van der Waals surface area (Å²) in [4.78, 5) is 23.9. The van der Waals surface area contributed by atoms with Crippen molar-refractivity contribution in [2.45, 2.75) is 27.2 Å². The fourth-order valence-electron chi connectivity index (χ4n) is 2.21. The third kappa shape index (κ3) is 3.29. The third-order valence-electron chi connectivity index (χ3n) is 3.36. The molecule has 1 amide bonds. The van der Waals surface area contributed by atoms with Gasteiger partial charge in [-0.05, 0) is 30.5 Å². The molecule has 2 rings (SSSR count). The second kappa shape index (κ2) is 6.08. The molecule has 1 N–H and O–H groups in total. The Morgan fingerprint density at radius 2 is 2.05 bits per heavy atom. The van der Waals surface area contributed by atoms with E-state index in [-0.39, 0.29) is 11.8 Å². The fraction of sp³-hybridized carbons (Fsp3) is 0.375. The van der Waals surface area contributed by atoms with Gasteiger partial charge in [-0.2, -0.15) is 0 Å². The van der Waals surface area contributed by atoms with Crippen LogP contribution < -0.4 is 5.32 Å². The summed E-state index contributed by atoms with van der Waals surface area (Å²) in [5.74, 6) is -0.444. The van der Waals surface area contributed by atoms with Crippen LogP contribution >= 0.6 is 0 Å². The fourth-order valence-corrected chi connectivity index (χ4v) is 2.21. The van der Waals surface area contributed by atoms with Crippen molar-refractivity contribution in [1.29, 1.82) is 0 Å². The van der Waals surface area contributed by atoms with Gasteiger partial charge in [0, 0.05) is 25.1 Å². The lowest BCUT2D eigenvalue weighted by atomic mass is 10.1. The van der Waals surface area contributed by atoms with Crippen LogP contribution in [0.5, 0.6) is 0 Å². The highest BCUT2D eigenvalue weighted by atomic mass is 19.1. The van der Waals surface area contributed by atoms with Crippen LogP contribution in [0.2, 0.25) is 0 Å². The predicted octanol–water partition coefficient (Wildman–Crippen LogP) is 3.22. The zero-order chi connectivity index (χ0) is 15.6. The van der Waals surface area contributed by atoms with Gasteiger partial charge in [0.1, 0.15) is 5.82 Å². The minimum atomic E-state index is -0.431. The lowest BCUT2D eigenvalue weighted by Gasteiger charge is -2.06. The maximum absolute atomic E-state index is 13.4. The number of amides is 1. The predicted molar refractivity (Wildman–Crippen MR) is 80.0 cm³/mol. The molecule has 0 unspecified atom stereocenters. The monoisotopic (exact) mass is 290 g/mol. The molecular formula is C16H19FN2O2. The Bertz CT molecular complexity index is 689. The summed E-state index contributed by atoms with van der Waals surface area (Å²) < 4.78 is 14.8. The lowest BCUT2D eigenvalue weighted by Crippen LogP contribution is -2.25. The molecule has 0 aliphatic carbocycles. The van der Waals surface area contributed by atoms with Gasteiger partial charge in [-0.1, -0.05) is 13.8 Å². The van der Waals surface area contributed by atoms with Crippen molar-refractivity contribution in [3.8, 4) is 0 Å². The summed E-state index contributed by atoms with van der Waals surface area (Å²) in [7, 11) is 0. The second-order valence-corrected chi connectivity index (χ2v) is 5.53. The average molecular weight is 290 g/mol. The maximum atomic E-state index is 13.4. The number of fused-ring (bicyclic) bond motifs is 1. The molecule has 1 aromatic heterocycles. The summed E-state index contributed by atoms with van der Waals surface area (Å²) in [6.07, 6.45) is 2.34. The summed E-state index contributed by atoms with van der Waals surface area (Å²) in [6, 6.07) is 4.07. The van der Waals surface area contributed by atoms with Crippen LogP contribution in [0.25, 0.3) is 10.9 Å². The molecule has 0 atom stereocenters. The van der Waals surface area contributed by atoms with Crippen molar-refractivity contribution in [3.05, 3.63) is 35.8 Å². The third-order valence-corrected chi connectivity index (χ3v) is 3.36. The lowest BCUT2D eigenvalue weighted by molar-refractivity contribution is 0.0941. The van der Waals surface area contributed by atoms with Crippen LogP contribution in [0.4, 0.5) is 4.39 Å². The van der Waals surface area contributed by atoms with E-state index in [1.165, 1.54) is 35.9 Å². The van der Waals surface area contributed by atoms with Gasteiger partial charge in [0.15, 0.2) is 0 Å². The van der Waals surface area contributed by atoms with E-state index >= 15 is 0 Å². The number of carbonyl (C=O) groups excluding carboxylic acids is 2. The Hall–Kier alpha value is -2.17. The zero-order valence-corrected chi connectivity index (χ0v) is 12.4. The first-order valence-corrected chi connectivity index (χ1v) is 7.00. The van der Waals surface area contributed by atoms with Crippen LogP contribution in [-0.2, 0) is 0 Å². The van der Waals surface area contributed by atoms with E-state index in [9.17, 15) is 14.0 Å². The van der Waals surface area contributed by atoms with E-state index in [0.29, 0.717) is 28.9 Å². The average Bonchev–Trinajstić information content (AvgIpc) is 2.76. The summed E-state index contributed by atoms with van der Waals surface area (Å²) >= 11 is 0. The Kier molecular flexibility index (Phi) is 4.40. The molecule has 0 saturated heterocycles. The van der Waals surface area contributed by atoms with Gasteiger partial charge in [-0.3, -0.25) is 14.2 Å². The van der Waals surface area contributed by atoms with Gasteiger partial charge >= 0.3 is 0 Å². The van der Waals surface area contributed by atoms with E-state index in [0.717, 1.165) is 6.42 Å². The number of hydrogen-bond donors (Lipinski definition) is 1. The highest BCUT2D eigenvalue weighted by molar-refractivity contribution is 6.09. The maximum Gasteiger partial charge on any atom is 0.253 e. The number of hydrogen-bond acceptors (Lipinski definition) is 2. The van der Waals surface area contributed by atoms with Crippen molar-refractivity contribution >= 4 is 22.7 Å². The summed E-state index contributed by atoms with van der Waals surface area (Å²) in [5.41, 5.74) is 0.862. The Balaban J connectivity index is 2.36. The molecule has 0 fully saturated rings. The van der Waals surface area contributed by atoms with Gasteiger partial charge in [-0.25, -0.2) is 4.39 Å². The first-order chi connectivity index (χ1) is 9.90. The Labute approximate surface area is 122 Å². The largest absolute Gasteiger partial charge is 0.352 e. The van der Waals surface area contributed by atoms with E-state index in [2.05, 4.69) is 19.2 Å². The van der Waals surface area contributed by atoms with E-state index in [4.69, 9.17) is 0 Å². The highest BCUT2D eigenvalue weighted by Gasteiger charge is 2.17. The van der Waals surface area contributed by atoms with Crippen LogP contribution in [-0.4, -0.2) is 22.9 Å². The van der Waals surface area contributed by atoms with Crippen molar-refractivity contribution in [1.82, 2.24) is 9.88 Å². The molecule has 2 aromatic rings. The number of rotatable bonds is 4. The van der Waals surface area contributed by atoms with E-state index < -0.39 is 5.82 Å². The molecule has 4 nitrogen and oxygen atoms in total. The molecule has 0 aliphatic heterocycles. The zero-order valence-electron chi connectivity index (χ0n) is 12.4. The Morgan fingerprint density at radius 3 is 2.67 bits per heavy atom. The minimum Gasteiger partial charge on any atom is -0.352 e. The van der Waals surface area contributed by atoms with Gasteiger partial charge in [-0.15, -0.1) is 0 Å². The minimum absolute atomic E-state index is 0.215. The van der Waals surface area contributed by atoms with Crippen molar-refractivity contribution < 1.29 is 14.0 Å². The highest BCUT2D eigenvalue weighted by Crippen LogP contribution is 2.22. The number of nitrogens with one attached hydrogen (secondary N) is 1. The first-order valence-electron chi connectivity index (χ1n) is 7.00.